The number of carboxylic acid groups (broad SMARTS) is 1. The van der Waals surface area contributed by atoms with Gasteiger partial charge in [0.2, 0.25) is 0 Å². The predicted molar refractivity (Wildman–Crippen MR) is 108 cm³/mol. The fraction of sp³-hybridized carbons (Fsp3) is 0. The molecule has 7 heteroatoms. The van der Waals surface area contributed by atoms with Gasteiger partial charge in [-0.25, -0.2) is 9.78 Å². The zero-order valence-electron chi connectivity index (χ0n) is 14.0. The van der Waals surface area contributed by atoms with E-state index in [-0.39, 0.29) is 11.3 Å². The molecule has 0 atom stereocenters. The lowest BCUT2D eigenvalue weighted by Gasteiger charge is -2.09. The van der Waals surface area contributed by atoms with Crippen LogP contribution in [0.1, 0.15) is 10.4 Å². The third kappa shape index (κ3) is 3.68. The van der Waals surface area contributed by atoms with Crippen LogP contribution in [0.4, 0.5) is 22.2 Å². The molecule has 6 nitrogen and oxygen atoms in total. The number of aromatic nitrogens is 1. The summed E-state index contributed by atoms with van der Waals surface area (Å²) in [5.74, 6) is -0.792. The Morgan fingerprint density at radius 1 is 0.926 bits per heavy atom. The van der Waals surface area contributed by atoms with Crippen molar-refractivity contribution in [1.82, 2.24) is 4.98 Å². The molecule has 0 amide bonds. The van der Waals surface area contributed by atoms with Gasteiger partial charge in [0.1, 0.15) is 5.75 Å². The number of nitrogens with one attached hydrogen (secondary N) is 2. The first-order valence-corrected chi connectivity index (χ1v) is 8.96. The molecule has 1 aromatic heterocycles. The molecule has 134 valence electrons. The molecule has 27 heavy (non-hydrogen) atoms. The molecule has 0 bridgehead atoms. The Morgan fingerprint density at radius 3 is 2.56 bits per heavy atom. The molecular weight excluding hydrogens is 362 g/mol. The van der Waals surface area contributed by atoms with Crippen molar-refractivity contribution in [1.29, 1.82) is 0 Å². The summed E-state index contributed by atoms with van der Waals surface area (Å²) in [6.07, 6.45) is 0. The monoisotopic (exact) mass is 377 g/mol. The molecule has 4 aromatic rings. The predicted octanol–water partition coefficient (Wildman–Crippen LogP) is 5.19. The second-order valence-corrected chi connectivity index (χ2v) is 6.88. The third-order valence-corrected chi connectivity index (χ3v) is 4.86. The minimum Gasteiger partial charge on any atom is -0.508 e. The van der Waals surface area contributed by atoms with Crippen LogP contribution in [0.15, 0.2) is 66.7 Å². The number of anilines is 4. The maximum Gasteiger partial charge on any atom is 0.337 e. The lowest BCUT2D eigenvalue weighted by Crippen LogP contribution is -2.02. The Bertz CT molecular complexity index is 1140. The summed E-state index contributed by atoms with van der Waals surface area (Å²) in [6, 6.07) is 19.3. The second-order valence-electron chi connectivity index (χ2n) is 5.85. The Hall–Kier alpha value is -3.58. The zero-order valence-corrected chi connectivity index (χ0v) is 14.8. The molecule has 0 saturated carbocycles. The van der Waals surface area contributed by atoms with Crippen LogP contribution in [-0.4, -0.2) is 21.2 Å². The zero-order chi connectivity index (χ0) is 18.8. The standard InChI is InChI=1S/C20H15N3O3S/c24-14-5-3-4-12(10-14)22-20-23-17-9-8-13(11-18(17)27-20)21-16-7-2-1-6-15(16)19(25)26/h1-11,21,24H,(H,22,23)(H,25,26). The van der Waals surface area contributed by atoms with Crippen LogP contribution in [0.25, 0.3) is 10.2 Å². The molecule has 0 radical (unpaired) electrons. The van der Waals surface area contributed by atoms with Gasteiger partial charge in [-0.15, -0.1) is 0 Å². The molecule has 0 aliphatic carbocycles. The molecule has 0 fully saturated rings. The summed E-state index contributed by atoms with van der Waals surface area (Å²) >= 11 is 1.47. The van der Waals surface area contributed by atoms with E-state index in [1.54, 1.807) is 42.5 Å². The van der Waals surface area contributed by atoms with Crippen molar-refractivity contribution in [2.45, 2.75) is 0 Å². The van der Waals surface area contributed by atoms with E-state index in [0.717, 1.165) is 21.6 Å². The fourth-order valence-corrected chi connectivity index (χ4v) is 3.62. The van der Waals surface area contributed by atoms with Crippen LogP contribution in [0.3, 0.4) is 0 Å². The lowest BCUT2D eigenvalue weighted by molar-refractivity contribution is 0.0698. The van der Waals surface area contributed by atoms with E-state index in [1.807, 2.05) is 24.3 Å². The molecule has 4 N–H and O–H groups in total. The fourth-order valence-electron chi connectivity index (χ4n) is 2.70. The molecule has 0 aliphatic rings. The summed E-state index contributed by atoms with van der Waals surface area (Å²) in [6.45, 7) is 0. The van der Waals surface area contributed by atoms with Crippen molar-refractivity contribution in [3.8, 4) is 5.75 Å². The first kappa shape index (κ1) is 16.9. The number of rotatable bonds is 5. The van der Waals surface area contributed by atoms with Crippen LogP contribution in [0.2, 0.25) is 0 Å². The lowest BCUT2D eigenvalue weighted by atomic mass is 10.1. The number of para-hydroxylation sites is 1. The van der Waals surface area contributed by atoms with E-state index in [2.05, 4.69) is 15.6 Å². The van der Waals surface area contributed by atoms with Crippen LogP contribution < -0.4 is 10.6 Å². The number of carboxylic acids is 1. The third-order valence-electron chi connectivity index (χ3n) is 3.92. The highest BCUT2D eigenvalue weighted by atomic mass is 32.1. The van der Waals surface area contributed by atoms with Gasteiger partial charge < -0.3 is 20.8 Å². The number of hydrogen-bond acceptors (Lipinski definition) is 6. The number of aromatic carboxylic acids is 1. The Kier molecular flexibility index (Phi) is 4.35. The average molecular weight is 377 g/mol. The van der Waals surface area contributed by atoms with E-state index in [4.69, 9.17) is 0 Å². The quantitative estimate of drug-likeness (QED) is 0.382. The van der Waals surface area contributed by atoms with Gasteiger partial charge in [0, 0.05) is 17.4 Å². The molecule has 0 aliphatic heterocycles. The van der Waals surface area contributed by atoms with Gasteiger partial charge in [-0.3, -0.25) is 0 Å². The molecule has 4 rings (SSSR count). The molecule has 0 spiro atoms. The van der Waals surface area contributed by atoms with Crippen LogP contribution >= 0.6 is 11.3 Å². The molecular formula is C20H15N3O3S. The SMILES string of the molecule is O=C(O)c1ccccc1Nc1ccc2nc(Nc3cccc(O)c3)sc2c1. The van der Waals surface area contributed by atoms with Gasteiger partial charge in [0.05, 0.1) is 21.5 Å². The van der Waals surface area contributed by atoms with Gasteiger partial charge in [-0.2, -0.15) is 0 Å². The van der Waals surface area contributed by atoms with Gasteiger partial charge >= 0.3 is 5.97 Å². The normalized spacial score (nSPS) is 10.7. The maximum atomic E-state index is 11.4. The highest BCUT2D eigenvalue weighted by Crippen LogP contribution is 2.32. The first-order valence-electron chi connectivity index (χ1n) is 8.14. The number of phenolic OH excluding ortho intramolecular Hbond substituents is 1. The van der Waals surface area contributed by atoms with Gasteiger partial charge in [-0.1, -0.05) is 29.5 Å². The van der Waals surface area contributed by atoms with Crippen molar-refractivity contribution in [3.63, 3.8) is 0 Å². The summed E-state index contributed by atoms with van der Waals surface area (Å²) in [5, 5.41) is 25.9. The highest BCUT2D eigenvalue weighted by Gasteiger charge is 2.10. The number of aromatic hydroxyl groups is 1. The van der Waals surface area contributed by atoms with Crippen molar-refractivity contribution in [2.24, 2.45) is 0 Å². The number of nitrogens with zero attached hydrogens (tertiary/aromatic N) is 1. The van der Waals surface area contributed by atoms with E-state index in [9.17, 15) is 15.0 Å². The van der Waals surface area contributed by atoms with Crippen molar-refractivity contribution < 1.29 is 15.0 Å². The molecule has 1 heterocycles. The summed E-state index contributed by atoms with van der Waals surface area (Å²) < 4.78 is 0.954. The Morgan fingerprint density at radius 2 is 1.74 bits per heavy atom. The van der Waals surface area contributed by atoms with Crippen molar-refractivity contribution in [3.05, 3.63) is 72.3 Å². The second kappa shape index (κ2) is 6.97. The van der Waals surface area contributed by atoms with Crippen LogP contribution in [0, 0.1) is 0 Å². The summed E-state index contributed by atoms with van der Waals surface area (Å²) in [5.41, 5.74) is 3.12. The minimum absolute atomic E-state index is 0.185. The molecule has 0 unspecified atom stereocenters. The Labute approximate surface area is 158 Å². The van der Waals surface area contributed by atoms with E-state index < -0.39 is 5.97 Å². The minimum atomic E-state index is -0.977. The van der Waals surface area contributed by atoms with E-state index in [1.165, 1.54) is 11.3 Å². The Balaban J connectivity index is 1.61. The maximum absolute atomic E-state index is 11.4. The van der Waals surface area contributed by atoms with E-state index in [0.29, 0.717) is 10.8 Å². The number of thiazole rings is 1. The number of phenols is 1. The van der Waals surface area contributed by atoms with Crippen molar-refractivity contribution in [2.75, 3.05) is 10.6 Å². The number of carbonyl (C=O) groups is 1. The molecule has 0 saturated heterocycles. The number of fused-ring (bicyclic) bond motifs is 1. The molecule has 3 aromatic carbocycles. The van der Waals surface area contributed by atoms with Gasteiger partial charge in [-0.05, 0) is 42.5 Å². The summed E-state index contributed by atoms with van der Waals surface area (Å²) in [4.78, 5) is 15.9. The highest BCUT2D eigenvalue weighted by molar-refractivity contribution is 7.22. The average Bonchev–Trinajstić information content (AvgIpc) is 3.03. The first-order chi connectivity index (χ1) is 13.1. The van der Waals surface area contributed by atoms with Gasteiger partial charge in [0.15, 0.2) is 5.13 Å². The van der Waals surface area contributed by atoms with Crippen molar-refractivity contribution >= 4 is 49.7 Å². The van der Waals surface area contributed by atoms with Crippen LogP contribution in [-0.2, 0) is 0 Å². The number of benzene rings is 3. The van der Waals surface area contributed by atoms with Gasteiger partial charge in [0.25, 0.3) is 0 Å². The topological polar surface area (TPSA) is 94.5 Å². The van der Waals surface area contributed by atoms with E-state index >= 15 is 0 Å². The number of hydrogen-bond donors (Lipinski definition) is 4. The largest absolute Gasteiger partial charge is 0.508 e. The smallest absolute Gasteiger partial charge is 0.337 e. The van der Waals surface area contributed by atoms with Crippen LogP contribution in [0.5, 0.6) is 5.75 Å². The summed E-state index contributed by atoms with van der Waals surface area (Å²) in [7, 11) is 0.